The number of aliphatic hydroxyl groups is 1. The van der Waals surface area contributed by atoms with Crippen LogP contribution in [0.25, 0.3) is 11.2 Å². The summed E-state index contributed by atoms with van der Waals surface area (Å²) in [4.78, 5) is 30.9. The van der Waals surface area contributed by atoms with Gasteiger partial charge in [-0.3, -0.25) is 14.3 Å². The molecule has 0 radical (unpaired) electrons. The van der Waals surface area contributed by atoms with E-state index in [9.17, 15) is 14.7 Å². The maximum absolute atomic E-state index is 12.4. The smallest absolute Gasteiger partial charge is 0.329 e. The Hall–Kier alpha value is -2.49. The van der Waals surface area contributed by atoms with E-state index in [4.69, 9.17) is 16.3 Å². The summed E-state index contributed by atoms with van der Waals surface area (Å²) in [5.41, 5.74) is -0.624. The van der Waals surface area contributed by atoms with E-state index < -0.39 is 17.4 Å². The van der Waals surface area contributed by atoms with Crippen LogP contribution in [0.15, 0.2) is 51.7 Å². The maximum atomic E-state index is 12.4. The first-order valence-corrected chi connectivity index (χ1v) is 9.76. The Labute approximate surface area is 169 Å². The Kier molecular flexibility index (Phi) is 6.28. The molecule has 28 heavy (non-hydrogen) atoms. The quantitative estimate of drug-likeness (QED) is 0.424. The van der Waals surface area contributed by atoms with Crippen LogP contribution in [-0.4, -0.2) is 42.7 Å². The Morgan fingerprint density at radius 2 is 2.11 bits per heavy atom. The number of ether oxygens (including phenoxy) is 1. The number of H-pyrrole nitrogens is 1. The lowest BCUT2D eigenvalue weighted by Gasteiger charge is -2.15. The van der Waals surface area contributed by atoms with Crippen LogP contribution in [0.5, 0.6) is 5.75 Å². The lowest BCUT2D eigenvalue weighted by Crippen LogP contribution is -2.30. The third-order valence-corrected chi connectivity index (χ3v) is 5.18. The molecule has 1 atom stereocenters. The van der Waals surface area contributed by atoms with E-state index >= 15 is 0 Å². The minimum Gasteiger partial charge on any atom is -0.491 e. The van der Waals surface area contributed by atoms with Crippen molar-refractivity contribution < 1.29 is 9.84 Å². The molecule has 148 valence electrons. The van der Waals surface area contributed by atoms with Crippen molar-refractivity contribution in [2.24, 2.45) is 7.05 Å². The first-order valence-electron chi connectivity index (χ1n) is 8.40. The number of aliphatic hydroxyl groups excluding tert-OH is 1. The van der Waals surface area contributed by atoms with Gasteiger partial charge in [0.1, 0.15) is 18.5 Å². The summed E-state index contributed by atoms with van der Waals surface area (Å²) in [6, 6.07) is 6.79. The number of nitrogens with zero attached hydrogens (tertiary/aromatic N) is 3. The summed E-state index contributed by atoms with van der Waals surface area (Å²) in [5.74, 6) is 1.13. The Bertz CT molecular complexity index is 1100. The summed E-state index contributed by atoms with van der Waals surface area (Å²) < 4.78 is 8.43. The van der Waals surface area contributed by atoms with E-state index in [1.54, 1.807) is 34.9 Å². The highest BCUT2D eigenvalue weighted by Gasteiger charge is 2.20. The van der Waals surface area contributed by atoms with Crippen LogP contribution >= 0.6 is 23.4 Å². The highest BCUT2D eigenvalue weighted by atomic mass is 35.5. The molecule has 0 aliphatic carbocycles. The number of aromatic amines is 1. The van der Waals surface area contributed by atoms with Crippen molar-refractivity contribution in [1.29, 1.82) is 0 Å². The molecule has 8 nitrogen and oxygen atoms in total. The van der Waals surface area contributed by atoms with Crippen LogP contribution in [0, 0.1) is 0 Å². The van der Waals surface area contributed by atoms with Crippen LogP contribution in [-0.2, 0) is 13.6 Å². The molecule has 3 rings (SSSR count). The number of imidazole rings is 1. The minimum absolute atomic E-state index is 0.0105. The normalized spacial score (nSPS) is 12.2. The molecule has 2 aromatic heterocycles. The van der Waals surface area contributed by atoms with E-state index in [1.807, 2.05) is 0 Å². The predicted molar refractivity (Wildman–Crippen MR) is 109 cm³/mol. The van der Waals surface area contributed by atoms with E-state index in [2.05, 4.69) is 16.5 Å². The zero-order valence-corrected chi connectivity index (χ0v) is 16.7. The number of aromatic nitrogens is 4. The van der Waals surface area contributed by atoms with Gasteiger partial charge in [0.15, 0.2) is 16.3 Å². The molecule has 0 bridgehead atoms. The zero-order chi connectivity index (χ0) is 20.3. The van der Waals surface area contributed by atoms with Crippen LogP contribution in [0.3, 0.4) is 0 Å². The van der Waals surface area contributed by atoms with Gasteiger partial charge in [0.05, 0.1) is 6.54 Å². The third kappa shape index (κ3) is 4.32. The zero-order valence-electron chi connectivity index (χ0n) is 15.1. The van der Waals surface area contributed by atoms with Gasteiger partial charge in [0.2, 0.25) is 0 Å². The van der Waals surface area contributed by atoms with E-state index in [0.29, 0.717) is 21.7 Å². The summed E-state index contributed by atoms with van der Waals surface area (Å²) in [7, 11) is 1.53. The van der Waals surface area contributed by atoms with Gasteiger partial charge in [-0.2, -0.15) is 0 Å². The van der Waals surface area contributed by atoms with Crippen LogP contribution in [0.4, 0.5) is 0 Å². The van der Waals surface area contributed by atoms with E-state index in [1.165, 1.54) is 23.4 Å². The van der Waals surface area contributed by atoms with Gasteiger partial charge < -0.3 is 14.4 Å². The minimum atomic E-state index is -0.909. The molecule has 2 heterocycles. The average molecular weight is 423 g/mol. The molecular weight excluding hydrogens is 404 g/mol. The van der Waals surface area contributed by atoms with Crippen molar-refractivity contribution in [2.75, 3.05) is 12.4 Å². The Morgan fingerprint density at radius 3 is 2.79 bits per heavy atom. The SMILES string of the molecule is C=CCSc1nc2c(c(=O)[nH]c(=O)n2C)n1C[C@H](O)COc1ccc(Cl)cc1. The van der Waals surface area contributed by atoms with Crippen molar-refractivity contribution in [2.45, 2.75) is 17.8 Å². The van der Waals surface area contributed by atoms with E-state index in [0.717, 1.165) is 0 Å². The van der Waals surface area contributed by atoms with Crippen molar-refractivity contribution in [3.63, 3.8) is 0 Å². The van der Waals surface area contributed by atoms with E-state index in [-0.39, 0.29) is 24.3 Å². The van der Waals surface area contributed by atoms with Crippen molar-refractivity contribution >= 4 is 34.5 Å². The van der Waals surface area contributed by atoms with Crippen LogP contribution in [0.1, 0.15) is 0 Å². The van der Waals surface area contributed by atoms with Crippen molar-refractivity contribution in [3.05, 3.63) is 62.8 Å². The number of hydrogen-bond donors (Lipinski definition) is 2. The summed E-state index contributed by atoms with van der Waals surface area (Å²) in [6.07, 6.45) is 0.797. The molecule has 0 saturated heterocycles. The molecule has 0 unspecified atom stereocenters. The van der Waals surface area contributed by atoms with Gasteiger partial charge in [0, 0.05) is 17.8 Å². The third-order valence-electron chi connectivity index (χ3n) is 3.95. The molecule has 0 amide bonds. The number of rotatable bonds is 8. The van der Waals surface area contributed by atoms with Gasteiger partial charge in [-0.15, -0.1) is 6.58 Å². The molecule has 1 aromatic carbocycles. The highest BCUT2D eigenvalue weighted by molar-refractivity contribution is 7.99. The van der Waals surface area contributed by atoms with Crippen LogP contribution in [0.2, 0.25) is 5.02 Å². The number of nitrogens with one attached hydrogen (secondary N) is 1. The van der Waals surface area contributed by atoms with Crippen molar-refractivity contribution in [1.82, 2.24) is 19.1 Å². The Morgan fingerprint density at radius 1 is 1.39 bits per heavy atom. The first kappa shape index (κ1) is 20.2. The number of fused-ring (bicyclic) bond motifs is 1. The van der Waals surface area contributed by atoms with Gasteiger partial charge in [-0.25, -0.2) is 9.78 Å². The second-order valence-electron chi connectivity index (χ2n) is 6.01. The fourth-order valence-electron chi connectivity index (χ4n) is 2.61. The standard InChI is InChI=1S/C18H19ClN4O4S/c1-3-8-28-18-20-15-14(16(25)21-17(26)22(15)2)23(18)9-12(24)10-27-13-6-4-11(19)5-7-13/h3-7,12,24H,1,8-10H2,2H3,(H,21,25,26)/t12-/m0/s1. The fourth-order valence-corrected chi connectivity index (χ4v) is 3.48. The monoisotopic (exact) mass is 422 g/mol. The average Bonchev–Trinajstić information content (AvgIpc) is 3.03. The van der Waals surface area contributed by atoms with Crippen LogP contribution < -0.4 is 16.0 Å². The lowest BCUT2D eigenvalue weighted by molar-refractivity contribution is 0.0914. The molecule has 0 aliphatic rings. The molecule has 0 fully saturated rings. The lowest BCUT2D eigenvalue weighted by atomic mass is 10.3. The van der Waals surface area contributed by atoms with Gasteiger partial charge in [-0.05, 0) is 24.3 Å². The molecule has 10 heteroatoms. The molecule has 2 N–H and O–H groups in total. The second-order valence-corrected chi connectivity index (χ2v) is 7.44. The predicted octanol–water partition coefficient (Wildman–Crippen LogP) is 1.79. The number of hydrogen-bond acceptors (Lipinski definition) is 6. The fraction of sp³-hybridized carbons (Fsp3) is 0.278. The number of thioether (sulfide) groups is 1. The highest BCUT2D eigenvalue weighted by Crippen LogP contribution is 2.22. The van der Waals surface area contributed by atoms with Gasteiger partial charge in [0.25, 0.3) is 5.56 Å². The molecule has 0 spiro atoms. The maximum Gasteiger partial charge on any atom is 0.329 e. The first-order chi connectivity index (χ1) is 13.4. The number of benzene rings is 1. The second kappa shape index (κ2) is 8.68. The summed E-state index contributed by atoms with van der Waals surface area (Å²) in [5, 5.41) is 11.5. The summed E-state index contributed by atoms with van der Waals surface area (Å²) in [6.45, 7) is 3.76. The van der Waals surface area contributed by atoms with Crippen molar-refractivity contribution in [3.8, 4) is 5.75 Å². The largest absolute Gasteiger partial charge is 0.491 e. The Balaban J connectivity index is 1.88. The number of aryl methyl sites for hydroxylation is 1. The summed E-state index contributed by atoms with van der Waals surface area (Å²) >= 11 is 7.19. The topological polar surface area (TPSA) is 102 Å². The molecular formula is C18H19ClN4O4S. The number of halogens is 1. The van der Waals surface area contributed by atoms with Gasteiger partial charge in [-0.1, -0.05) is 29.4 Å². The molecule has 0 aliphatic heterocycles. The molecule has 3 aromatic rings. The van der Waals surface area contributed by atoms with Gasteiger partial charge >= 0.3 is 5.69 Å². The molecule has 0 saturated carbocycles.